The normalized spacial score (nSPS) is 14.1. The minimum Gasteiger partial charge on any atom is -0.356 e. The molecule has 1 amide bonds. The molecule has 0 radical (unpaired) electrons. The van der Waals surface area contributed by atoms with Gasteiger partial charge in [-0.15, -0.1) is 12.3 Å². The Labute approximate surface area is 141 Å². The highest BCUT2D eigenvalue weighted by Gasteiger charge is 2.38. The molecule has 0 saturated heterocycles. The van der Waals surface area contributed by atoms with E-state index < -0.39 is 0 Å². The molecule has 1 aliphatic heterocycles. The zero-order valence-electron chi connectivity index (χ0n) is 13.5. The summed E-state index contributed by atoms with van der Waals surface area (Å²) in [6, 6.07) is 12.0. The van der Waals surface area contributed by atoms with Crippen molar-refractivity contribution in [3.63, 3.8) is 0 Å². The molecule has 0 aliphatic carbocycles. The van der Waals surface area contributed by atoms with Crippen LogP contribution in [0.2, 0.25) is 0 Å². The first-order valence-electron chi connectivity index (χ1n) is 8.07. The number of nitrogens with one attached hydrogen (secondary N) is 1. The van der Waals surface area contributed by atoms with Gasteiger partial charge < -0.3 is 9.88 Å². The lowest BCUT2D eigenvalue weighted by Crippen LogP contribution is -2.29. The summed E-state index contributed by atoms with van der Waals surface area (Å²) in [6.45, 7) is 0.567. The second-order valence-corrected chi connectivity index (χ2v) is 5.92. The number of carbonyl (C=O) groups excluding carboxylic acids is 1. The second kappa shape index (κ2) is 7.14. The lowest BCUT2D eigenvalue weighted by molar-refractivity contribution is -0.120. The molecule has 3 rings (SSSR count). The monoisotopic (exact) mass is 320 g/mol. The Hall–Kier alpha value is -2.87. The molecule has 0 bridgehead atoms. The molecule has 0 atom stereocenters. The lowest BCUT2D eigenvalue weighted by Gasteiger charge is -2.10. The van der Waals surface area contributed by atoms with Gasteiger partial charge >= 0.3 is 0 Å². The van der Waals surface area contributed by atoms with Gasteiger partial charge in [0.05, 0.1) is 6.42 Å². The van der Waals surface area contributed by atoms with E-state index in [1.165, 1.54) is 0 Å². The smallest absolute Gasteiger partial charge is 0.224 e. The van der Waals surface area contributed by atoms with Crippen molar-refractivity contribution in [3.8, 4) is 18.0 Å². The Morgan fingerprint density at radius 1 is 1.17 bits per heavy atom. The number of benzene rings is 1. The third-order valence-electron chi connectivity index (χ3n) is 4.10. The van der Waals surface area contributed by atoms with Crippen LogP contribution < -0.4 is 5.32 Å². The third kappa shape index (κ3) is 4.11. The van der Waals surface area contributed by atoms with Gasteiger partial charge in [0.1, 0.15) is 0 Å². The Balaban J connectivity index is 1.43. The predicted molar refractivity (Wildman–Crippen MR) is 92.8 cm³/mol. The van der Waals surface area contributed by atoms with Gasteiger partial charge in [-0.05, 0) is 29.8 Å². The summed E-state index contributed by atoms with van der Waals surface area (Å²) in [5, 5.41) is 11.1. The van der Waals surface area contributed by atoms with Gasteiger partial charge in [-0.1, -0.05) is 12.1 Å². The number of amides is 1. The molecular formula is C19H20N4O. The average molecular weight is 320 g/mol. The van der Waals surface area contributed by atoms with Gasteiger partial charge in [-0.25, -0.2) is 0 Å². The van der Waals surface area contributed by atoms with E-state index in [4.69, 9.17) is 6.42 Å². The van der Waals surface area contributed by atoms with Crippen LogP contribution in [0, 0.1) is 12.3 Å². The maximum atomic E-state index is 12.0. The topological polar surface area (TPSA) is 58.8 Å². The lowest BCUT2D eigenvalue weighted by atomic mass is 10.0. The van der Waals surface area contributed by atoms with Crippen LogP contribution in [-0.2, 0) is 11.2 Å². The molecule has 2 heterocycles. The van der Waals surface area contributed by atoms with Crippen molar-refractivity contribution in [1.82, 2.24) is 9.88 Å². The van der Waals surface area contributed by atoms with E-state index in [-0.39, 0.29) is 11.6 Å². The summed E-state index contributed by atoms with van der Waals surface area (Å²) in [4.78, 5) is 12.0. The molecule has 122 valence electrons. The number of nitrogens with zero attached hydrogens (tertiary/aromatic N) is 3. The fourth-order valence-electron chi connectivity index (χ4n) is 2.61. The summed E-state index contributed by atoms with van der Waals surface area (Å²) in [6.07, 6.45) is 11.8. The van der Waals surface area contributed by atoms with Gasteiger partial charge in [0, 0.05) is 43.9 Å². The van der Waals surface area contributed by atoms with Crippen molar-refractivity contribution in [3.05, 3.63) is 54.4 Å². The summed E-state index contributed by atoms with van der Waals surface area (Å²) >= 11 is 0. The first kappa shape index (κ1) is 16.0. The highest BCUT2D eigenvalue weighted by atomic mass is 16.1. The van der Waals surface area contributed by atoms with Crippen molar-refractivity contribution in [1.29, 1.82) is 0 Å². The Morgan fingerprint density at radius 3 is 2.50 bits per heavy atom. The molecule has 5 heteroatoms. The van der Waals surface area contributed by atoms with Gasteiger partial charge in [0.2, 0.25) is 5.91 Å². The molecule has 0 spiro atoms. The molecule has 0 unspecified atom stereocenters. The van der Waals surface area contributed by atoms with E-state index in [0.29, 0.717) is 25.8 Å². The quantitative estimate of drug-likeness (QED) is 0.747. The van der Waals surface area contributed by atoms with Gasteiger partial charge in [0.15, 0.2) is 5.66 Å². The first-order chi connectivity index (χ1) is 11.7. The average Bonchev–Trinajstić information content (AvgIpc) is 3.14. The summed E-state index contributed by atoms with van der Waals surface area (Å²) in [7, 11) is 0. The number of hydrogen-bond acceptors (Lipinski definition) is 3. The van der Waals surface area contributed by atoms with Crippen LogP contribution in [0.4, 0.5) is 0 Å². The SMILES string of the molecule is C#CCCC1(CCNC(=O)Cc2ccc(-n3cccc3)cc2)N=N1. The molecule has 5 nitrogen and oxygen atoms in total. The highest BCUT2D eigenvalue weighted by molar-refractivity contribution is 5.78. The van der Waals surface area contributed by atoms with E-state index >= 15 is 0 Å². The Morgan fingerprint density at radius 2 is 1.88 bits per heavy atom. The summed E-state index contributed by atoms with van der Waals surface area (Å²) in [5.74, 6) is 2.61. The Kier molecular flexibility index (Phi) is 4.76. The number of terminal acetylenes is 1. The zero-order chi connectivity index (χ0) is 16.8. The van der Waals surface area contributed by atoms with E-state index in [1.54, 1.807) is 0 Å². The largest absolute Gasteiger partial charge is 0.356 e. The van der Waals surface area contributed by atoms with Crippen LogP contribution >= 0.6 is 0 Å². The van der Waals surface area contributed by atoms with Crippen molar-refractivity contribution in [2.45, 2.75) is 31.3 Å². The van der Waals surface area contributed by atoms with Crippen LogP contribution in [0.1, 0.15) is 24.8 Å². The molecule has 2 aromatic rings. The van der Waals surface area contributed by atoms with Crippen molar-refractivity contribution >= 4 is 5.91 Å². The van der Waals surface area contributed by atoms with Crippen molar-refractivity contribution < 1.29 is 4.79 Å². The second-order valence-electron chi connectivity index (χ2n) is 5.92. The highest BCUT2D eigenvalue weighted by Crippen LogP contribution is 2.35. The molecular weight excluding hydrogens is 300 g/mol. The van der Waals surface area contributed by atoms with Crippen molar-refractivity contribution in [2.24, 2.45) is 10.2 Å². The summed E-state index contributed by atoms with van der Waals surface area (Å²) in [5.41, 5.74) is 1.74. The maximum Gasteiger partial charge on any atom is 0.224 e. The number of carbonyl (C=O) groups is 1. The van der Waals surface area contributed by atoms with Crippen LogP contribution in [0.5, 0.6) is 0 Å². The number of hydrogen-bond donors (Lipinski definition) is 1. The zero-order valence-corrected chi connectivity index (χ0v) is 13.5. The van der Waals surface area contributed by atoms with Crippen molar-refractivity contribution in [2.75, 3.05) is 6.54 Å². The first-order valence-corrected chi connectivity index (χ1v) is 8.07. The van der Waals surface area contributed by atoms with Crippen LogP contribution in [0.15, 0.2) is 59.0 Å². The molecule has 1 aromatic carbocycles. The molecule has 1 aromatic heterocycles. The number of aromatic nitrogens is 1. The van der Waals surface area contributed by atoms with Gasteiger partial charge in [0.25, 0.3) is 0 Å². The fraction of sp³-hybridized carbons (Fsp3) is 0.316. The standard InChI is InChI=1S/C19H20N4O/c1-2-3-10-19(21-22-19)11-12-20-18(24)15-16-6-8-17(9-7-16)23-13-4-5-14-23/h1,4-9,13-14H,3,10-12,15H2,(H,20,24). The third-order valence-corrected chi connectivity index (χ3v) is 4.10. The molecule has 24 heavy (non-hydrogen) atoms. The van der Waals surface area contributed by atoms with E-state index in [1.807, 2.05) is 53.4 Å². The minimum absolute atomic E-state index is 0.0106. The number of rotatable bonds is 8. The fourth-order valence-corrected chi connectivity index (χ4v) is 2.61. The minimum atomic E-state index is -0.335. The van der Waals surface area contributed by atoms with E-state index in [0.717, 1.165) is 17.7 Å². The van der Waals surface area contributed by atoms with Gasteiger partial charge in [-0.3, -0.25) is 4.79 Å². The van der Waals surface area contributed by atoms with Crippen LogP contribution in [0.3, 0.4) is 0 Å². The van der Waals surface area contributed by atoms with Crippen LogP contribution in [0.25, 0.3) is 5.69 Å². The summed E-state index contributed by atoms with van der Waals surface area (Å²) < 4.78 is 2.03. The molecule has 1 aliphatic rings. The Bertz CT molecular complexity index is 748. The molecule has 0 saturated carbocycles. The van der Waals surface area contributed by atoms with E-state index in [2.05, 4.69) is 21.5 Å². The van der Waals surface area contributed by atoms with Gasteiger partial charge in [-0.2, -0.15) is 10.2 Å². The van der Waals surface area contributed by atoms with E-state index in [9.17, 15) is 4.79 Å². The van der Waals surface area contributed by atoms with Crippen LogP contribution in [-0.4, -0.2) is 22.7 Å². The molecule has 1 N–H and O–H groups in total. The predicted octanol–water partition coefficient (Wildman–Crippen LogP) is 3.10. The maximum absolute atomic E-state index is 12.0. The molecule has 0 fully saturated rings.